The van der Waals surface area contributed by atoms with Crippen LogP contribution >= 0.6 is 0 Å². The summed E-state index contributed by atoms with van der Waals surface area (Å²) in [5.74, 6) is 0.299. The summed E-state index contributed by atoms with van der Waals surface area (Å²) in [5, 5.41) is 0. The van der Waals surface area contributed by atoms with Crippen molar-refractivity contribution in [2.24, 2.45) is 17.8 Å². The van der Waals surface area contributed by atoms with Crippen molar-refractivity contribution in [3.63, 3.8) is 0 Å². The van der Waals surface area contributed by atoms with Gasteiger partial charge >= 0.3 is 5.97 Å². The van der Waals surface area contributed by atoms with Gasteiger partial charge in [-0.3, -0.25) is 19.3 Å². The van der Waals surface area contributed by atoms with E-state index in [0.717, 1.165) is 32.1 Å². The number of esters is 1. The van der Waals surface area contributed by atoms with Gasteiger partial charge in [-0.2, -0.15) is 0 Å². The molecule has 0 spiro atoms. The Morgan fingerprint density at radius 1 is 0.958 bits per heavy atom. The molecular formula is C19H21NO4. The maximum atomic E-state index is 12.7. The first kappa shape index (κ1) is 15.4. The Kier molecular flexibility index (Phi) is 3.66. The Morgan fingerprint density at radius 3 is 2.00 bits per heavy atom. The Balaban J connectivity index is 1.53. The lowest BCUT2D eigenvalue weighted by atomic mass is 9.66. The molecule has 2 fully saturated rings. The van der Waals surface area contributed by atoms with Crippen LogP contribution in [0.25, 0.3) is 0 Å². The van der Waals surface area contributed by atoms with Crippen LogP contribution in [0.2, 0.25) is 0 Å². The Bertz CT molecular complexity index is 664. The number of hydrogen-bond donors (Lipinski definition) is 0. The lowest BCUT2D eigenvalue weighted by Crippen LogP contribution is -2.47. The van der Waals surface area contributed by atoms with Gasteiger partial charge in [0.2, 0.25) is 0 Å². The van der Waals surface area contributed by atoms with Crippen molar-refractivity contribution in [2.45, 2.75) is 38.1 Å². The number of imide groups is 1. The van der Waals surface area contributed by atoms with Crippen LogP contribution in [0, 0.1) is 17.8 Å². The third kappa shape index (κ3) is 2.34. The van der Waals surface area contributed by atoms with E-state index in [1.54, 1.807) is 24.3 Å². The standard InChI is InChI=1S/C19H21NO4/c1-24-19(23)13-7-11-6-12(8-13)10-14(9-11)20-17(21)15-4-2-3-5-16(15)18(20)22/h2-5,11-14H,6-10H2,1H3/t11-,12+,13+,14-. The van der Waals surface area contributed by atoms with Gasteiger partial charge in [-0.25, -0.2) is 0 Å². The molecule has 0 radical (unpaired) electrons. The summed E-state index contributed by atoms with van der Waals surface area (Å²) in [6.07, 6.45) is 4.31. The summed E-state index contributed by atoms with van der Waals surface area (Å²) >= 11 is 0. The van der Waals surface area contributed by atoms with Crippen LogP contribution < -0.4 is 0 Å². The molecule has 0 saturated heterocycles. The van der Waals surface area contributed by atoms with Gasteiger partial charge in [0.1, 0.15) is 0 Å². The van der Waals surface area contributed by atoms with Crippen molar-refractivity contribution in [1.29, 1.82) is 0 Å². The SMILES string of the molecule is COC(=O)[C@H]1C[C@H]2C[C@@H](C1)C[C@H](N1C(=O)c3ccccc3C1=O)C2. The molecule has 4 atom stereocenters. The highest BCUT2D eigenvalue weighted by atomic mass is 16.5. The first-order valence-corrected chi connectivity index (χ1v) is 8.63. The van der Waals surface area contributed by atoms with Crippen LogP contribution in [-0.4, -0.2) is 35.8 Å². The number of fused-ring (bicyclic) bond motifs is 3. The molecule has 1 heterocycles. The highest BCUT2D eigenvalue weighted by Gasteiger charge is 2.46. The van der Waals surface area contributed by atoms with Gasteiger partial charge in [-0.15, -0.1) is 0 Å². The summed E-state index contributed by atoms with van der Waals surface area (Å²) in [4.78, 5) is 38.7. The molecular weight excluding hydrogens is 306 g/mol. The number of carbonyl (C=O) groups excluding carboxylic acids is 3. The highest BCUT2D eigenvalue weighted by molar-refractivity contribution is 6.21. The summed E-state index contributed by atoms with van der Waals surface area (Å²) in [7, 11) is 1.44. The zero-order chi connectivity index (χ0) is 16.8. The van der Waals surface area contributed by atoms with Crippen LogP contribution in [0.5, 0.6) is 0 Å². The molecule has 2 saturated carbocycles. The molecule has 0 N–H and O–H groups in total. The van der Waals surface area contributed by atoms with Gasteiger partial charge in [-0.05, 0) is 56.1 Å². The first-order valence-electron chi connectivity index (χ1n) is 8.63. The molecule has 5 heteroatoms. The van der Waals surface area contributed by atoms with Crippen molar-refractivity contribution < 1.29 is 19.1 Å². The molecule has 126 valence electrons. The quantitative estimate of drug-likeness (QED) is 0.619. The molecule has 0 aromatic heterocycles. The number of amides is 2. The van der Waals surface area contributed by atoms with Crippen LogP contribution in [0.1, 0.15) is 52.8 Å². The Labute approximate surface area is 141 Å². The summed E-state index contributed by atoms with van der Waals surface area (Å²) in [5.41, 5.74) is 1.04. The minimum atomic E-state index is -0.162. The average molecular weight is 327 g/mol. The molecule has 2 aliphatic carbocycles. The minimum absolute atomic E-state index is 0.0260. The van der Waals surface area contributed by atoms with E-state index >= 15 is 0 Å². The molecule has 5 nitrogen and oxygen atoms in total. The normalized spacial score (nSPS) is 31.8. The van der Waals surface area contributed by atoms with E-state index in [1.165, 1.54) is 12.0 Å². The van der Waals surface area contributed by atoms with E-state index in [0.29, 0.717) is 23.0 Å². The van der Waals surface area contributed by atoms with Gasteiger partial charge in [0, 0.05) is 6.04 Å². The van der Waals surface area contributed by atoms with Crippen molar-refractivity contribution in [2.75, 3.05) is 7.11 Å². The maximum absolute atomic E-state index is 12.7. The van der Waals surface area contributed by atoms with E-state index in [1.807, 2.05) is 0 Å². The van der Waals surface area contributed by atoms with Crippen molar-refractivity contribution in [3.8, 4) is 0 Å². The molecule has 1 aromatic rings. The first-order chi connectivity index (χ1) is 11.6. The molecule has 1 aliphatic heterocycles. The van der Waals surface area contributed by atoms with Gasteiger partial charge in [0.15, 0.2) is 0 Å². The molecule has 24 heavy (non-hydrogen) atoms. The van der Waals surface area contributed by atoms with Gasteiger partial charge < -0.3 is 4.74 Å². The molecule has 2 amide bonds. The smallest absolute Gasteiger partial charge is 0.308 e. The van der Waals surface area contributed by atoms with Crippen LogP contribution in [0.3, 0.4) is 0 Å². The van der Waals surface area contributed by atoms with E-state index in [-0.39, 0.29) is 29.7 Å². The largest absolute Gasteiger partial charge is 0.469 e. The number of rotatable bonds is 2. The predicted molar refractivity (Wildman–Crippen MR) is 86.3 cm³/mol. The van der Waals surface area contributed by atoms with Gasteiger partial charge in [-0.1, -0.05) is 12.1 Å². The van der Waals surface area contributed by atoms with E-state index in [4.69, 9.17) is 4.74 Å². The fourth-order valence-corrected chi connectivity index (χ4v) is 4.92. The minimum Gasteiger partial charge on any atom is -0.469 e. The highest BCUT2D eigenvalue weighted by Crippen LogP contribution is 2.45. The molecule has 4 rings (SSSR count). The topological polar surface area (TPSA) is 63.7 Å². The van der Waals surface area contributed by atoms with Crippen LogP contribution in [0.15, 0.2) is 24.3 Å². The van der Waals surface area contributed by atoms with E-state index in [2.05, 4.69) is 0 Å². The number of hydrogen-bond acceptors (Lipinski definition) is 4. The average Bonchev–Trinajstić information content (AvgIpc) is 2.84. The van der Waals surface area contributed by atoms with Crippen molar-refractivity contribution in [3.05, 3.63) is 35.4 Å². The zero-order valence-electron chi connectivity index (χ0n) is 13.7. The van der Waals surface area contributed by atoms with E-state index in [9.17, 15) is 14.4 Å². The second-order valence-electron chi connectivity index (χ2n) is 7.31. The lowest BCUT2D eigenvalue weighted by Gasteiger charge is -2.43. The number of ether oxygens (including phenoxy) is 1. The number of benzene rings is 1. The molecule has 3 aliphatic rings. The monoisotopic (exact) mass is 327 g/mol. The Hall–Kier alpha value is -2.17. The van der Waals surface area contributed by atoms with Gasteiger partial charge in [0.05, 0.1) is 24.2 Å². The van der Waals surface area contributed by atoms with Crippen molar-refractivity contribution in [1.82, 2.24) is 4.90 Å². The lowest BCUT2D eigenvalue weighted by molar-refractivity contribution is -0.148. The summed E-state index contributed by atoms with van der Waals surface area (Å²) < 4.78 is 4.90. The van der Waals surface area contributed by atoms with Crippen LogP contribution in [-0.2, 0) is 9.53 Å². The zero-order valence-corrected chi connectivity index (χ0v) is 13.7. The second kappa shape index (κ2) is 5.72. The van der Waals surface area contributed by atoms with Gasteiger partial charge in [0.25, 0.3) is 11.8 Å². The summed E-state index contributed by atoms with van der Waals surface area (Å²) in [6, 6.07) is 7.01. The van der Waals surface area contributed by atoms with Crippen molar-refractivity contribution >= 4 is 17.8 Å². The Morgan fingerprint density at radius 2 is 1.50 bits per heavy atom. The molecule has 0 unspecified atom stereocenters. The number of nitrogens with zero attached hydrogens (tertiary/aromatic N) is 1. The fourth-order valence-electron chi connectivity index (χ4n) is 4.92. The third-order valence-corrected chi connectivity index (χ3v) is 5.84. The summed E-state index contributed by atoms with van der Waals surface area (Å²) in [6.45, 7) is 0. The van der Waals surface area contributed by atoms with E-state index < -0.39 is 0 Å². The molecule has 1 aromatic carbocycles. The predicted octanol–water partition coefficient (Wildman–Crippen LogP) is 2.65. The number of methoxy groups -OCH3 is 1. The fraction of sp³-hybridized carbons (Fsp3) is 0.526. The maximum Gasteiger partial charge on any atom is 0.308 e. The molecule has 2 bridgehead atoms. The second-order valence-corrected chi connectivity index (χ2v) is 7.31. The number of carbonyl (C=O) groups is 3. The van der Waals surface area contributed by atoms with Crippen LogP contribution in [0.4, 0.5) is 0 Å². The third-order valence-electron chi connectivity index (χ3n) is 5.84.